The zero-order valence-corrected chi connectivity index (χ0v) is 22.7. The van der Waals surface area contributed by atoms with Crippen LogP contribution in [0.4, 0.5) is 16.4 Å². The number of carbonyl (C=O) groups excluding carboxylic acids is 2. The minimum absolute atomic E-state index is 0.0183. The maximum Gasteiger partial charge on any atom is 0.410 e. The summed E-state index contributed by atoms with van der Waals surface area (Å²) < 4.78 is 13.4. The lowest BCUT2D eigenvalue weighted by atomic mass is 9.86. The van der Waals surface area contributed by atoms with E-state index in [2.05, 4.69) is 10.3 Å². The average molecular weight is 507 g/mol. The summed E-state index contributed by atoms with van der Waals surface area (Å²) in [6.07, 6.45) is 4.68. The second-order valence-electron chi connectivity index (χ2n) is 11.7. The van der Waals surface area contributed by atoms with Gasteiger partial charge in [-0.2, -0.15) is 0 Å². The van der Waals surface area contributed by atoms with Crippen LogP contribution in [0.1, 0.15) is 53.5 Å². The summed E-state index contributed by atoms with van der Waals surface area (Å²) in [5.41, 5.74) is 1.75. The summed E-state index contributed by atoms with van der Waals surface area (Å²) in [6.45, 7) is 12.2. The van der Waals surface area contributed by atoms with Gasteiger partial charge in [-0.3, -0.25) is 9.20 Å². The SMILES string of the molecule is CC(C)(C)OC(=O)[C@@H](Cc1cccc(Nc2ncc3ccccn23)c1)[C@H]1CCN(C(=O)OC(C)(C)C)C1. The van der Waals surface area contributed by atoms with Crippen LogP contribution >= 0.6 is 0 Å². The number of pyridine rings is 1. The summed E-state index contributed by atoms with van der Waals surface area (Å²) in [5, 5.41) is 3.39. The Labute approximate surface area is 219 Å². The zero-order valence-electron chi connectivity index (χ0n) is 22.7. The molecule has 1 saturated heterocycles. The molecule has 1 aliphatic rings. The van der Waals surface area contributed by atoms with E-state index in [-0.39, 0.29) is 23.9 Å². The molecule has 0 radical (unpaired) electrons. The van der Waals surface area contributed by atoms with E-state index in [0.29, 0.717) is 19.5 Å². The topological polar surface area (TPSA) is 85.2 Å². The van der Waals surface area contributed by atoms with Crippen LogP contribution in [0, 0.1) is 11.8 Å². The molecule has 1 fully saturated rings. The molecule has 0 spiro atoms. The van der Waals surface area contributed by atoms with Gasteiger partial charge in [-0.15, -0.1) is 0 Å². The van der Waals surface area contributed by atoms with Crippen LogP contribution in [0.2, 0.25) is 0 Å². The van der Waals surface area contributed by atoms with E-state index in [0.717, 1.165) is 29.1 Å². The highest BCUT2D eigenvalue weighted by Gasteiger charge is 2.39. The number of likely N-dealkylation sites (tertiary alicyclic amines) is 1. The van der Waals surface area contributed by atoms with Crippen molar-refractivity contribution in [1.82, 2.24) is 14.3 Å². The molecule has 1 amide bonds. The molecule has 37 heavy (non-hydrogen) atoms. The second kappa shape index (κ2) is 10.4. The van der Waals surface area contributed by atoms with Gasteiger partial charge in [0.25, 0.3) is 0 Å². The highest BCUT2D eigenvalue weighted by molar-refractivity contribution is 5.74. The van der Waals surface area contributed by atoms with Gasteiger partial charge in [0.2, 0.25) is 5.95 Å². The quantitative estimate of drug-likeness (QED) is 0.423. The number of esters is 1. The van der Waals surface area contributed by atoms with Crippen molar-refractivity contribution in [3.05, 3.63) is 60.4 Å². The van der Waals surface area contributed by atoms with E-state index in [1.807, 2.05) is 101 Å². The van der Waals surface area contributed by atoms with Gasteiger partial charge in [0.15, 0.2) is 0 Å². The van der Waals surface area contributed by atoms with Crippen molar-refractivity contribution in [1.29, 1.82) is 0 Å². The van der Waals surface area contributed by atoms with E-state index in [1.165, 1.54) is 0 Å². The fourth-order valence-electron chi connectivity index (χ4n) is 4.62. The number of ether oxygens (including phenoxy) is 2. The molecule has 3 aromatic rings. The van der Waals surface area contributed by atoms with Crippen LogP contribution in [0.3, 0.4) is 0 Å². The molecule has 2 atom stereocenters. The molecule has 198 valence electrons. The van der Waals surface area contributed by atoms with E-state index in [9.17, 15) is 9.59 Å². The molecular formula is C29H38N4O4. The number of nitrogens with one attached hydrogen (secondary N) is 1. The molecule has 2 aromatic heterocycles. The minimum Gasteiger partial charge on any atom is -0.460 e. The molecule has 1 aliphatic heterocycles. The lowest BCUT2D eigenvalue weighted by molar-refractivity contribution is -0.161. The van der Waals surface area contributed by atoms with Gasteiger partial charge in [-0.05, 0) is 90.1 Å². The first kappa shape index (κ1) is 26.5. The number of rotatable bonds is 6. The van der Waals surface area contributed by atoms with Gasteiger partial charge < -0.3 is 19.7 Å². The van der Waals surface area contributed by atoms with Crippen molar-refractivity contribution in [3.8, 4) is 0 Å². The fraction of sp³-hybridized carbons (Fsp3) is 0.483. The third kappa shape index (κ3) is 7.02. The van der Waals surface area contributed by atoms with E-state index >= 15 is 0 Å². The molecule has 8 heteroatoms. The molecule has 3 heterocycles. The monoisotopic (exact) mass is 506 g/mol. The van der Waals surface area contributed by atoms with Crippen molar-refractivity contribution in [3.63, 3.8) is 0 Å². The van der Waals surface area contributed by atoms with Crippen LogP contribution in [0.5, 0.6) is 0 Å². The van der Waals surface area contributed by atoms with Crippen LogP contribution in [0.15, 0.2) is 54.9 Å². The van der Waals surface area contributed by atoms with Crippen molar-refractivity contribution in [2.45, 2.75) is 65.6 Å². The van der Waals surface area contributed by atoms with E-state index in [1.54, 1.807) is 4.90 Å². The smallest absolute Gasteiger partial charge is 0.410 e. The van der Waals surface area contributed by atoms with E-state index in [4.69, 9.17) is 9.47 Å². The third-order valence-corrected chi connectivity index (χ3v) is 6.23. The van der Waals surface area contributed by atoms with Gasteiger partial charge >= 0.3 is 12.1 Å². The van der Waals surface area contributed by atoms with Crippen LogP contribution in [0.25, 0.3) is 5.52 Å². The maximum atomic E-state index is 13.4. The number of nitrogens with zero attached hydrogens (tertiary/aromatic N) is 3. The predicted molar refractivity (Wildman–Crippen MR) is 144 cm³/mol. The average Bonchev–Trinajstić information content (AvgIpc) is 3.43. The highest BCUT2D eigenvalue weighted by Crippen LogP contribution is 2.31. The molecule has 0 unspecified atom stereocenters. The minimum atomic E-state index is -0.593. The first-order valence-electron chi connectivity index (χ1n) is 12.9. The van der Waals surface area contributed by atoms with Crippen LogP contribution < -0.4 is 5.32 Å². The molecule has 4 rings (SSSR count). The summed E-state index contributed by atoms with van der Waals surface area (Å²) in [6, 6.07) is 14.0. The Morgan fingerprint density at radius 3 is 2.54 bits per heavy atom. The number of imidazole rings is 1. The van der Waals surface area contributed by atoms with Crippen molar-refractivity contribution < 1.29 is 19.1 Å². The predicted octanol–water partition coefficient (Wildman–Crippen LogP) is 5.84. The lowest BCUT2D eigenvalue weighted by Gasteiger charge is -2.28. The molecule has 0 aliphatic carbocycles. The maximum absolute atomic E-state index is 13.4. The van der Waals surface area contributed by atoms with Crippen LogP contribution in [-0.2, 0) is 20.7 Å². The Morgan fingerprint density at radius 1 is 1.05 bits per heavy atom. The lowest BCUT2D eigenvalue weighted by Crippen LogP contribution is -2.38. The number of aromatic nitrogens is 2. The van der Waals surface area contributed by atoms with Gasteiger partial charge in [0.05, 0.1) is 17.6 Å². The second-order valence-corrected chi connectivity index (χ2v) is 11.7. The Hall–Kier alpha value is -3.55. The van der Waals surface area contributed by atoms with Crippen LogP contribution in [-0.4, -0.2) is 50.6 Å². The van der Waals surface area contributed by atoms with Gasteiger partial charge in [0.1, 0.15) is 11.2 Å². The molecule has 0 saturated carbocycles. The summed E-state index contributed by atoms with van der Waals surface area (Å²) in [4.78, 5) is 32.2. The van der Waals surface area contributed by atoms with Crippen molar-refractivity contribution in [2.24, 2.45) is 11.8 Å². The molecule has 1 N–H and O–H groups in total. The third-order valence-electron chi connectivity index (χ3n) is 6.23. The number of hydrogen-bond donors (Lipinski definition) is 1. The van der Waals surface area contributed by atoms with Gasteiger partial charge in [-0.25, -0.2) is 9.78 Å². The van der Waals surface area contributed by atoms with Gasteiger partial charge in [-0.1, -0.05) is 18.2 Å². The summed E-state index contributed by atoms with van der Waals surface area (Å²) in [5.74, 6) is 0.0887. The Bertz CT molecular complexity index is 1250. The highest BCUT2D eigenvalue weighted by atomic mass is 16.6. The normalized spacial score (nSPS) is 17.0. The van der Waals surface area contributed by atoms with Gasteiger partial charge in [0, 0.05) is 25.0 Å². The number of hydrogen-bond acceptors (Lipinski definition) is 6. The first-order chi connectivity index (χ1) is 17.4. The van der Waals surface area contributed by atoms with Crippen molar-refractivity contribution in [2.75, 3.05) is 18.4 Å². The Balaban J connectivity index is 1.52. The van der Waals surface area contributed by atoms with E-state index < -0.39 is 11.2 Å². The largest absolute Gasteiger partial charge is 0.460 e. The Morgan fingerprint density at radius 2 is 1.81 bits per heavy atom. The molecule has 8 nitrogen and oxygen atoms in total. The fourth-order valence-corrected chi connectivity index (χ4v) is 4.62. The summed E-state index contributed by atoms with van der Waals surface area (Å²) >= 11 is 0. The number of benzene rings is 1. The Kier molecular flexibility index (Phi) is 7.48. The number of anilines is 2. The molecule has 0 bridgehead atoms. The molecule has 1 aromatic carbocycles. The first-order valence-corrected chi connectivity index (χ1v) is 12.9. The zero-order chi connectivity index (χ0) is 26.8. The summed E-state index contributed by atoms with van der Waals surface area (Å²) in [7, 11) is 0. The van der Waals surface area contributed by atoms with Crippen molar-refractivity contribution >= 4 is 29.2 Å². The molecular weight excluding hydrogens is 468 g/mol. The standard InChI is InChI=1S/C29H38N4O4/c1-28(2,3)36-25(34)24(21-13-15-32(19-21)27(35)37-29(4,5)6)17-20-10-9-11-22(16-20)31-26-30-18-23-12-7-8-14-33(23)26/h7-12,14,16,18,21,24H,13,15,17,19H2,1-6H3,(H,30,31)/t21-,24-/m0/s1. The number of fused-ring (bicyclic) bond motifs is 1. The number of amides is 1. The number of carbonyl (C=O) groups is 2.